The molecule has 2 heterocycles. The lowest BCUT2D eigenvalue weighted by Gasteiger charge is -2.30. The van der Waals surface area contributed by atoms with Gasteiger partial charge in [-0.1, -0.05) is 25.1 Å². The van der Waals surface area contributed by atoms with Crippen LogP contribution in [0.15, 0.2) is 24.3 Å². The monoisotopic (exact) mass is 289 g/mol. The van der Waals surface area contributed by atoms with Gasteiger partial charge in [-0.25, -0.2) is 9.07 Å². The third-order valence-corrected chi connectivity index (χ3v) is 3.89. The number of nitrogens with one attached hydrogen (secondary N) is 1. The Morgan fingerprint density at radius 1 is 1.43 bits per heavy atom. The van der Waals surface area contributed by atoms with Crippen LogP contribution >= 0.6 is 0 Å². The van der Waals surface area contributed by atoms with Crippen molar-refractivity contribution in [3.05, 3.63) is 41.5 Å². The molecule has 6 heteroatoms. The van der Waals surface area contributed by atoms with Crippen LogP contribution in [0.1, 0.15) is 30.8 Å². The third kappa shape index (κ3) is 2.63. The molecule has 0 bridgehead atoms. The summed E-state index contributed by atoms with van der Waals surface area (Å²) in [6.07, 6.45) is 1.60. The van der Waals surface area contributed by atoms with E-state index in [1.807, 2.05) is 16.8 Å². The maximum absolute atomic E-state index is 14.2. The van der Waals surface area contributed by atoms with Crippen molar-refractivity contribution in [2.45, 2.75) is 25.8 Å². The summed E-state index contributed by atoms with van der Waals surface area (Å²) in [4.78, 5) is 4.49. The van der Waals surface area contributed by atoms with Crippen LogP contribution < -0.4 is 11.1 Å². The van der Waals surface area contributed by atoms with Crippen LogP contribution in [0, 0.1) is 11.7 Å². The average Bonchev–Trinajstić information content (AvgIpc) is 2.89. The molecule has 1 aliphatic rings. The predicted molar refractivity (Wildman–Crippen MR) is 79.6 cm³/mol. The van der Waals surface area contributed by atoms with Crippen molar-refractivity contribution in [3.63, 3.8) is 0 Å². The summed E-state index contributed by atoms with van der Waals surface area (Å²) < 4.78 is 16.0. The first kappa shape index (κ1) is 14.0. The summed E-state index contributed by atoms with van der Waals surface area (Å²) >= 11 is 0. The normalized spacial score (nSPS) is 20.9. The zero-order valence-corrected chi connectivity index (χ0v) is 12.1. The lowest BCUT2D eigenvalue weighted by atomic mass is 9.93. The van der Waals surface area contributed by atoms with Crippen molar-refractivity contribution >= 4 is 5.95 Å². The molecule has 2 unspecified atom stereocenters. The Labute approximate surface area is 123 Å². The summed E-state index contributed by atoms with van der Waals surface area (Å²) in [5.41, 5.74) is 6.20. The van der Waals surface area contributed by atoms with Crippen molar-refractivity contribution in [2.75, 3.05) is 18.4 Å². The van der Waals surface area contributed by atoms with Gasteiger partial charge >= 0.3 is 0 Å². The Bertz CT molecular complexity index is 624. The van der Waals surface area contributed by atoms with Crippen molar-refractivity contribution < 1.29 is 4.39 Å². The first-order chi connectivity index (χ1) is 10.2. The number of nitrogens with zero attached hydrogens (tertiary/aromatic N) is 3. The van der Waals surface area contributed by atoms with E-state index in [1.54, 1.807) is 6.07 Å². The summed E-state index contributed by atoms with van der Waals surface area (Å²) in [5.74, 6) is 1.52. The fourth-order valence-corrected chi connectivity index (χ4v) is 2.81. The largest absolute Gasteiger partial charge is 0.354 e. The Kier molecular flexibility index (Phi) is 3.88. The smallest absolute Gasteiger partial charge is 0.222 e. The number of fused-ring (bicyclic) bond motifs is 1. The molecule has 1 aromatic carbocycles. The van der Waals surface area contributed by atoms with Gasteiger partial charge < -0.3 is 11.1 Å². The molecule has 0 saturated heterocycles. The molecule has 0 amide bonds. The van der Waals surface area contributed by atoms with Gasteiger partial charge in [0, 0.05) is 24.4 Å². The van der Waals surface area contributed by atoms with E-state index in [-0.39, 0.29) is 17.8 Å². The number of aromatic nitrogens is 3. The van der Waals surface area contributed by atoms with Gasteiger partial charge in [0.2, 0.25) is 5.95 Å². The molecule has 0 spiro atoms. The van der Waals surface area contributed by atoms with Gasteiger partial charge in [0.25, 0.3) is 0 Å². The van der Waals surface area contributed by atoms with Gasteiger partial charge in [-0.05, 0) is 19.0 Å². The van der Waals surface area contributed by atoms with E-state index >= 15 is 0 Å². The van der Waals surface area contributed by atoms with E-state index in [0.29, 0.717) is 18.1 Å². The quantitative estimate of drug-likeness (QED) is 0.903. The number of halogens is 1. The van der Waals surface area contributed by atoms with Gasteiger partial charge in [-0.15, -0.1) is 0 Å². The molecule has 21 heavy (non-hydrogen) atoms. The molecule has 2 atom stereocenters. The zero-order chi connectivity index (χ0) is 14.8. The van der Waals surface area contributed by atoms with Crippen LogP contribution in [0.4, 0.5) is 10.3 Å². The van der Waals surface area contributed by atoms with Crippen LogP contribution in [0.3, 0.4) is 0 Å². The standard InChI is InChI=1S/C15H20FN5/c1-10-9-18-15-19-13(7-4-8-17)20-21(15)14(10)11-5-2-3-6-12(11)16/h2-3,5-6,10,14H,4,7-9,17H2,1H3,(H,18,19,20). The topological polar surface area (TPSA) is 68.8 Å². The minimum atomic E-state index is -0.193. The fraction of sp³-hybridized carbons (Fsp3) is 0.467. The highest BCUT2D eigenvalue weighted by Gasteiger charge is 2.31. The third-order valence-electron chi connectivity index (χ3n) is 3.89. The lowest BCUT2D eigenvalue weighted by molar-refractivity contribution is 0.358. The molecule has 0 fully saturated rings. The molecule has 2 aromatic rings. The molecule has 5 nitrogen and oxygen atoms in total. The maximum atomic E-state index is 14.2. The number of benzene rings is 1. The molecule has 1 aliphatic heterocycles. The Hall–Kier alpha value is -1.95. The van der Waals surface area contributed by atoms with Crippen LogP contribution in [0.2, 0.25) is 0 Å². The van der Waals surface area contributed by atoms with E-state index in [0.717, 1.165) is 25.2 Å². The van der Waals surface area contributed by atoms with Crippen LogP contribution in [-0.4, -0.2) is 27.9 Å². The van der Waals surface area contributed by atoms with Gasteiger partial charge in [0.1, 0.15) is 5.82 Å². The van der Waals surface area contributed by atoms with Crippen molar-refractivity contribution in [2.24, 2.45) is 11.7 Å². The molecule has 1 aromatic heterocycles. The lowest BCUT2D eigenvalue weighted by Crippen LogP contribution is -2.32. The molecular weight excluding hydrogens is 269 g/mol. The first-order valence-corrected chi connectivity index (χ1v) is 7.34. The minimum Gasteiger partial charge on any atom is -0.354 e. The number of anilines is 1. The van der Waals surface area contributed by atoms with Crippen LogP contribution in [-0.2, 0) is 6.42 Å². The van der Waals surface area contributed by atoms with Crippen molar-refractivity contribution in [3.8, 4) is 0 Å². The summed E-state index contributed by atoms with van der Waals surface area (Å²) in [6, 6.07) is 6.77. The SMILES string of the molecule is CC1CNc2nc(CCCN)nn2C1c1ccccc1F. The number of hydrogen-bond acceptors (Lipinski definition) is 4. The van der Waals surface area contributed by atoms with Gasteiger partial charge in [0.05, 0.1) is 6.04 Å². The number of hydrogen-bond donors (Lipinski definition) is 2. The van der Waals surface area contributed by atoms with E-state index in [1.165, 1.54) is 6.07 Å². The zero-order valence-electron chi connectivity index (χ0n) is 12.1. The Morgan fingerprint density at radius 3 is 3.00 bits per heavy atom. The maximum Gasteiger partial charge on any atom is 0.222 e. The highest BCUT2D eigenvalue weighted by Crippen LogP contribution is 2.33. The summed E-state index contributed by atoms with van der Waals surface area (Å²) in [5, 5.41) is 7.82. The molecule has 3 N–H and O–H groups in total. The summed E-state index contributed by atoms with van der Waals surface area (Å²) in [7, 11) is 0. The van der Waals surface area contributed by atoms with Crippen LogP contribution in [0.5, 0.6) is 0 Å². The Morgan fingerprint density at radius 2 is 2.24 bits per heavy atom. The highest BCUT2D eigenvalue weighted by molar-refractivity contribution is 5.34. The second kappa shape index (κ2) is 5.81. The molecule has 0 saturated carbocycles. The minimum absolute atomic E-state index is 0.124. The van der Waals surface area contributed by atoms with Crippen molar-refractivity contribution in [1.29, 1.82) is 0 Å². The second-order valence-electron chi connectivity index (χ2n) is 5.51. The Balaban J connectivity index is 1.99. The van der Waals surface area contributed by atoms with Crippen molar-refractivity contribution in [1.82, 2.24) is 14.8 Å². The predicted octanol–water partition coefficient (Wildman–Crippen LogP) is 1.96. The average molecular weight is 289 g/mol. The number of aryl methyl sites for hydroxylation is 1. The van der Waals surface area contributed by atoms with E-state index in [9.17, 15) is 4.39 Å². The van der Waals surface area contributed by atoms with E-state index in [4.69, 9.17) is 5.73 Å². The van der Waals surface area contributed by atoms with E-state index in [2.05, 4.69) is 22.3 Å². The molecule has 112 valence electrons. The first-order valence-electron chi connectivity index (χ1n) is 7.34. The number of nitrogens with two attached hydrogens (primary N) is 1. The molecular formula is C15H20FN5. The molecule has 0 aliphatic carbocycles. The highest BCUT2D eigenvalue weighted by atomic mass is 19.1. The van der Waals surface area contributed by atoms with Crippen LogP contribution in [0.25, 0.3) is 0 Å². The second-order valence-corrected chi connectivity index (χ2v) is 5.51. The summed E-state index contributed by atoms with van der Waals surface area (Å²) in [6.45, 7) is 3.47. The van der Waals surface area contributed by atoms with E-state index < -0.39 is 0 Å². The fourth-order valence-electron chi connectivity index (χ4n) is 2.81. The van der Waals surface area contributed by atoms with Gasteiger partial charge in [0.15, 0.2) is 5.82 Å². The van der Waals surface area contributed by atoms with Gasteiger partial charge in [-0.3, -0.25) is 0 Å². The molecule has 0 radical (unpaired) electrons. The molecule has 3 rings (SSSR count). The number of rotatable bonds is 4. The van der Waals surface area contributed by atoms with Gasteiger partial charge in [-0.2, -0.15) is 10.1 Å².